The number of pyridine rings is 2. The van der Waals surface area contributed by atoms with Gasteiger partial charge in [0.05, 0.1) is 19.9 Å². The molecule has 1 atom stereocenters. The number of carboxylic acid groups (broad SMARTS) is 1. The van der Waals surface area contributed by atoms with Gasteiger partial charge in [0, 0.05) is 36.0 Å². The first-order chi connectivity index (χ1) is 20.0. The molecule has 4 aromatic rings. The van der Waals surface area contributed by atoms with Crippen LogP contribution in [0.25, 0.3) is 0 Å². The van der Waals surface area contributed by atoms with Gasteiger partial charge in [0.15, 0.2) is 0 Å². The summed E-state index contributed by atoms with van der Waals surface area (Å²) in [6.45, 7) is 3.56. The fraction of sp³-hybridized carbons (Fsp3) is 0.200. The van der Waals surface area contributed by atoms with Gasteiger partial charge in [0.25, 0.3) is 11.5 Å². The van der Waals surface area contributed by atoms with Crippen LogP contribution in [0.1, 0.15) is 44.5 Å². The molecule has 5 rings (SSSR count). The number of aryl methyl sites for hydroxylation is 1. The SMILES string of the molecule is COc1ccc(CNc2cc(Nc3cc(C)c4n(c3=O)C(C)(c3cccc(F)c3)NC4=O)c(C(=O)O)cn2)c(OC)c1. The van der Waals surface area contributed by atoms with E-state index in [9.17, 15) is 23.9 Å². The zero-order valence-electron chi connectivity index (χ0n) is 23.2. The summed E-state index contributed by atoms with van der Waals surface area (Å²) in [5.74, 6) is -0.711. The average Bonchev–Trinajstić information content (AvgIpc) is 3.26. The van der Waals surface area contributed by atoms with Crippen LogP contribution in [0.3, 0.4) is 0 Å². The van der Waals surface area contributed by atoms with E-state index in [1.54, 1.807) is 46.3 Å². The van der Waals surface area contributed by atoms with Gasteiger partial charge in [-0.2, -0.15) is 0 Å². The highest BCUT2D eigenvalue weighted by molar-refractivity contribution is 5.98. The maximum atomic E-state index is 14.1. The Labute approximate surface area is 239 Å². The van der Waals surface area contributed by atoms with Gasteiger partial charge in [-0.05, 0) is 49.7 Å². The molecule has 1 aliphatic rings. The molecule has 216 valence electrons. The first-order valence-electron chi connectivity index (χ1n) is 12.9. The molecular formula is C30H28FN5O6. The smallest absolute Gasteiger partial charge is 0.339 e. The number of fused-ring (bicyclic) bond motifs is 1. The summed E-state index contributed by atoms with van der Waals surface area (Å²) in [6.07, 6.45) is 1.18. The van der Waals surface area contributed by atoms with E-state index in [2.05, 4.69) is 20.9 Å². The highest BCUT2D eigenvalue weighted by Crippen LogP contribution is 2.32. The van der Waals surface area contributed by atoms with Crippen molar-refractivity contribution in [2.75, 3.05) is 24.9 Å². The number of carbonyl (C=O) groups is 2. The Morgan fingerprint density at radius 2 is 1.88 bits per heavy atom. The molecule has 0 aliphatic carbocycles. The summed E-state index contributed by atoms with van der Waals surface area (Å²) >= 11 is 0. The topological polar surface area (TPSA) is 144 Å². The number of hydrogen-bond donors (Lipinski definition) is 4. The fourth-order valence-electron chi connectivity index (χ4n) is 5.03. The number of nitrogens with one attached hydrogen (secondary N) is 3. The van der Waals surface area contributed by atoms with Crippen molar-refractivity contribution in [3.05, 3.63) is 105 Å². The number of carboxylic acids is 1. The highest BCUT2D eigenvalue weighted by atomic mass is 19.1. The molecule has 1 unspecified atom stereocenters. The number of methoxy groups -OCH3 is 2. The van der Waals surface area contributed by atoms with Crippen molar-refractivity contribution in [2.24, 2.45) is 0 Å². The minimum absolute atomic E-state index is 0.0202. The maximum absolute atomic E-state index is 14.1. The van der Waals surface area contributed by atoms with Gasteiger partial charge in [-0.3, -0.25) is 14.2 Å². The van der Waals surface area contributed by atoms with Gasteiger partial charge in [-0.15, -0.1) is 0 Å². The van der Waals surface area contributed by atoms with E-state index in [4.69, 9.17) is 9.47 Å². The lowest BCUT2D eigenvalue weighted by molar-refractivity contribution is 0.0697. The third-order valence-corrected chi connectivity index (χ3v) is 7.16. The number of carbonyl (C=O) groups excluding carboxylic acids is 1. The summed E-state index contributed by atoms with van der Waals surface area (Å²) in [5, 5.41) is 18.7. The van der Waals surface area contributed by atoms with E-state index in [1.807, 2.05) is 6.07 Å². The van der Waals surface area contributed by atoms with E-state index in [0.717, 1.165) is 5.56 Å². The predicted molar refractivity (Wildman–Crippen MR) is 153 cm³/mol. The zero-order valence-corrected chi connectivity index (χ0v) is 23.2. The van der Waals surface area contributed by atoms with Gasteiger partial charge >= 0.3 is 5.97 Å². The van der Waals surface area contributed by atoms with Crippen molar-refractivity contribution in [2.45, 2.75) is 26.1 Å². The molecule has 11 nitrogen and oxygen atoms in total. The summed E-state index contributed by atoms with van der Waals surface area (Å²) in [5.41, 5.74) is -0.283. The minimum atomic E-state index is -1.38. The van der Waals surface area contributed by atoms with Crippen molar-refractivity contribution in [3.8, 4) is 11.5 Å². The van der Waals surface area contributed by atoms with Gasteiger partial charge < -0.3 is 30.5 Å². The summed E-state index contributed by atoms with van der Waals surface area (Å²) in [6, 6.07) is 13.9. The molecule has 12 heteroatoms. The zero-order chi connectivity index (χ0) is 30.2. The number of rotatable bonds is 9. The minimum Gasteiger partial charge on any atom is -0.497 e. The first kappa shape index (κ1) is 28.1. The van der Waals surface area contributed by atoms with E-state index in [1.165, 1.54) is 41.1 Å². The largest absolute Gasteiger partial charge is 0.497 e. The molecule has 1 amide bonds. The number of anilines is 3. The second kappa shape index (κ2) is 10.9. The molecule has 0 fully saturated rings. The molecular weight excluding hydrogens is 545 g/mol. The monoisotopic (exact) mass is 573 g/mol. The lowest BCUT2D eigenvalue weighted by Crippen LogP contribution is -2.46. The molecule has 0 saturated carbocycles. The number of hydrogen-bond acceptors (Lipinski definition) is 8. The predicted octanol–water partition coefficient (Wildman–Crippen LogP) is 4.23. The van der Waals surface area contributed by atoms with Crippen LogP contribution in [0.5, 0.6) is 11.5 Å². The normalized spacial score (nSPS) is 15.5. The number of aromatic nitrogens is 2. The Morgan fingerprint density at radius 1 is 1.10 bits per heavy atom. The Bertz CT molecular complexity index is 1790. The van der Waals surface area contributed by atoms with Gasteiger partial charge in [-0.1, -0.05) is 12.1 Å². The number of halogens is 1. The molecule has 0 bridgehead atoms. The number of benzene rings is 2. The van der Waals surface area contributed by atoms with Crippen LogP contribution < -0.4 is 31.0 Å². The van der Waals surface area contributed by atoms with Crippen molar-refractivity contribution < 1.29 is 28.6 Å². The Morgan fingerprint density at radius 3 is 2.57 bits per heavy atom. The molecule has 4 N–H and O–H groups in total. The molecule has 1 aliphatic heterocycles. The van der Waals surface area contributed by atoms with Crippen LogP contribution in [0.2, 0.25) is 0 Å². The number of ether oxygens (including phenoxy) is 2. The van der Waals surface area contributed by atoms with Crippen LogP contribution >= 0.6 is 0 Å². The van der Waals surface area contributed by atoms with Crippen molar-refractivity contribution in [1.29, 1.82) is 0 Å². The van der Waals surface area contributed by atoms with Crippen molar-refractivity contribution in [3.63, 3.8) is 0 Å². The van der Waals surface area contributed by atoms with E-state index >= 15 is 0 Å². The first-order valence-corrected chi connectivity index (χ1v) is 12.9. The number of nitrogens with zero attached hydrogens (tertiary/aromatic N) is 2. The quantitative estimate of drug-likeness (QED) is 0.231. The molecule has 0 saturated heterocycles. The van der Waals surface area contributed by atoms with Crippen LogP contribution in [0.15, 0.2) is 65.6 Å². The average molecular weight is 574 g/mol. The third-order valence-electron chi connectivity index (χ3n) is 7.16. The van der Waals surface area contributed by atoms with Crippen LogP contribution in [-0.4, -0.2) is 40.8 Å². The second-order valence-corrected chi connectivity index (χ2v) is 9.84. The Hall–Kier alpha value is -5.39. The van der Waals surface area contributed by atoms with Crippen LogP contribution in [0.4, 0.5) is 21.6 Å². The van der Waals surface area contributed by atoms with E-state index < -0.39 is 28.9 Å². The van der Waals surface area contributed by atoms with Crippen LogP contribution in [0, 0.1) is 12.7 Å². The van der Waals surface area contributed by atoms with Crippen molar-refractivity contribution in [1.82, 2.24) is 14.9 Å². The standard InChI is InChI=1S/C30H28FN5O6/c1-16-10-23(28(38)36-26(16)27(37)35-30(36,2)18-6-5-7-19(31)11-18)34-22-13-25(33-15-21(22)29(39)40)32-14-17-8-9-20(41-3)12-24(17)42-4/h5-13,15H,14H2,1-4H3,(H,35,37)(H,39,40)(H2,32,33,34). The third kappa shape index (κ3) is 4.98. The lowest BCUT2D eigenvalue weighted by atomic mass is 10.0. The molecule has 2 aromatic heterocycles. The van der Waals surface area contributed by atoms with Gasteiger partial charge in [0.1, 0.15) is 45.7 Å². The maximum Gasteiger partial charge on any atom is 0.339 e. The molecule has 42 heavy (non-hydrogen) atoms. The fourth-order valence-corrected chi connectivity index (χ4v) is 5.03. The van der Waals surface area contributed by atoms with Gasteiger partial charge in [-0.25, -0.2) is 14.2 Å². The second-order valence-electron chi connectivity index (χ2n) is 9.84. The molecule has 2 aromatic carbocycles. The molecule has 0 radical (unpaired) electrons. The van der Waals surface area contributed by atoms with Gasteiger partial charge in [0.2, 0.25) is 0 Å². The van der Waals surface area contributed by atoms with Crippen molar-refractivity contribution >= 4 is 29.1 Å². The summed E-state index contributed by atoms with van der Waals surface area (Å²) in [7, 11) is 3.10. The Kier molecular flexibility index (Phi) is 7.29. The molecule has 0 spiro atoms. The Balaban J connectivity index is 1.52. The summed E-state index contributed by atoms with van der Waals surface area (Å²) < 4.78 is 26.1. The highest BCUT2D eigenvalue weighted by Gasteiger charge is 2.42. The lowest BCUT2D eigenvalue weighted by Gasteiger charge is -2.28. The number of aromatic carboxylic acids is 1. The number of amides is 1. The molecule has 3 heterocycles. The van der Waals surface area contributed by atoms with E-state index in [-0.39, 0.29) is 22.6 Å². The van der Waals surface area contributed by atoms with E-state index in [0.29, 0.717) is 35.0 Å². The summed E-state index contributed by atoms with van der Waals surface area (Å²) in [4.78, 5) is 43.1. The van der Waals surface area contributed by atoms with Crippen LogP contribution in [-0.2, 0) is 12.2 Å².